The molecular formula is C30H32N6O4. The van der Waals surface area contributed by atoms with Gasteiger partial charge >= 0.3 is 5.97 Å². The van der Waals surface area contributed by atoms with Gasteiger partial charge in [-0.2, -0.15) is 0 Å². The van der Waals surface area contributed by atoms with E-state index in [1.807, 2.05) is 23.9 Å². The van der Waals surface area contributed by atoms with Crippen LogP contribution < -0.4 is 10.5 Å². The topological polar surface area (TPSA) is 129 Å². The highest BCUT2D eigenvalue weighted by atomic mass is 16.5. The molecule has 3 aromatic heterocycles. The molecule has 4 heterocycles. The van der Waals surface area contributed by atoms with Crippen LogP contribution in [0.2, 0.25) is 0 Å². The molecule has 3 aliphatic rings. The molecule has 10 nitrogen and oxygen atoms in total. The van der Waals surface area contributed by atoms with E-state index in [-0.39, 0.29) is 29.4 Å². The lowest BCUT2D eigenvalue weighted by molar-refractivity contribution is -0.133. The molecule has 0 spiro atoms. The van der Waals surface area contributed by atoms with E-state index in [0.717, 1.165) is 34.6 Å². The number of piperidine rings is 1. The van der Waals surface area contributed by atoms with Gasteiger partial charge in [-0.15, -0.1) is 0 Å². The minimum absolute atomic E-state index is 0.0455. The van der Waals surface area contributed by atoms with Crippen LogP contribution in [-0.2, 0) is 18.4 Å². The van der Waals surface area contributed by atoms with Gasteiger partial charge in [0.25, 0.3) is 5.91 Å². The molecule has 3 fully saturated rings. The number of hydrogen-bond donors (Lipinski definition) is 2. The van der Waals surface area contributed by atoms with Crippen molar-refractivity contribution in [3.8, 4) is 17.3 Å². The van der Waals surface area contributed by atoms with Gasteiger partial charge in [0, 0.05) is 54.8 Å². The fourth-order valence-corrected chi connectivity index (χ4v) is 6.89. The van der Waals surface area contributed by atoms with Crippen LogP contribution in [0, 0.1) is 17.8 Å². The van der Waals surface area contributed by atoms with Crippen molar-refractivity contribution >= 4 is 33.9 Å². The summed E-state index contributed by atoms with van der Waals surface area (Å²) in [6, 6.07) is 9.01. The molecule has 7 rings (SSSR count). The number of carboxylic acids is 1. The zero-order chi connectivity index (χ0) is 27.9. The summed E-state index contributed by atoms with van der Waals surface area (Å²) in [6.07, 6.45) is 4.89. The molecule has 1 aliphatic heterocycles. The molecule has 2 saturated carbocycles. The number of ether oxygens (including phenoxy) is 1. The van der Waals surface area contributed by atoms with Crippen LogP contribution in [0.15, 0.2) is 48.7 Å². The first-order chi connectivity index (χ1) is 19.3. The van der Waals surface area contributed by atoms with E-state index in [4.69, 9.17) is 15.5 Å². The predicted octanol–water partition coefficient (Wildman–Crippen LogP) is 3.44. The van der Waals surface area contributed by atoms with Gasteiger partial charge < -0.3 is 29.6 Å². The van der Waals surface area contributed by atoms with Crippen LogP contribution in [0.5, 0.6) is 5.75 Å². The molecule has 40 heavy (non-hydrogen) atoms. The van der Waals surface area contributed by atoms with Crippen molar-refractivity contribution in [3.63, 3.8) is 0 Å². The van der Waals surface area contributed by atoms with Gasteiger partial charge in [-0.3, -0.25) is 4.79 Å². The number of nitrogens with zero attached hydrogens (tertiary/aromatic N) is 5. The Morgan fingerprint density at radius 1 is 1.25 bits per heavy atom. The minimum atomic E-state index is -1.05. The van der Waals surface area contributed by atoms with E-state index in [1.165, 1.54) is 12.8 Å². The summed E-state index contributed by atoms with van der Waals surface area (Å²) in [5, 5.41) is 10.6. The fourth-order valence-electron chi connectivity index (χ4n) is 6.89. The minimum Gasteiger partial charge on any atom is -0.494 e. The Kier molecular flexibility index (Phi) is 5.54. The summed E-state index contributed by atoms with van der Waals surface area (Å²) in [5.41, 5.74) is 10.4. The highest BCUT2D eigenvalue weighted by Gasteiger charge is 2.54. The Morgan fingerprint density at radius 3 is 2.75 bits per heavy atom. The summed E-state index contributed by atoms with van der Waals surface area (Å²) in [4.78, 5) is 37.0. The van der Waals surface area contributed by atoms with Gasteiger partial charge in [0.05, 0.1) is 24.4 Å². The highest BCUT2D eigenvalue weighted by Crippen LogP contribution is 2.45. The molecule has 0 unspecified atom stereocenters. The SMILES string of the molecule is C=C(C(=O)O)[C@@H]1C[C@@H]2CN(C(=O)c3cc(OC)c4c(c3)nc(-c3cc5cccnc5n3CC3CC3)n4C)[C@@H]1[C@@H]2N. The number of rotatable bonds is 7. The second kappa shape index (κ2) is 8.92. The average Bonchev–Trinajstić information content (AvgIpc) is 3.38. The first-order valence-electron chi connectivity index (χ1n) is 13.7. The average molecular weight is 541 g/mol. The van der Waals surface area contributed by atoms with Crippen molar-refractivity contribution in [3.05, 3.63) is 54.2 Å². The third-order valence-electron chi connectivity index (χ3n) is 9.11. The molecule has 1 aromatic carbocycles. The number of hydrogen-bond acceptors (Lipinski definition) is 6. The van der Waals surface area contributed by atoms with Crippen molar-refractivity contribution in [1.29, 1.82) is 0 Å². The summed E-state index contributed by atoms with van der Waals surface area (Å²) < 4.78 is 10.1. The quantitative estimate of drug-likeness (QED) is 0.344. The lowest BCUT2D eigenvalue weighted by Gasteiger charge is -2.33. The van der Waals surface area contributed by atoms with Crippen LogP contribution >= 0.6 is 0 Å². The molecule has 206 valence electrons. The molecule has 1 amide bonds. The number of nitrogens with two attached hydrogens (primary N) is 1. The van der Waals surface area contributed by atoms with Crippen LogP contribution in [0.1, 0.15) is 29.6 Å². The predicted molar refractivity (Wildman–Crippen MR) is 150 cm³/mol. The normalized spacial score (nSPS) is 23.8. The van der Waals surface area contributed by atoms with Crippen molar-refractivity contribution in [2.45, 2.75) is 37.9 Å². The van der Waals surface area contributed by atoms with Gasteiger partial charge in [0.15, 0.2) is 5.82 Å². The number of aliphatic carboxylic acids is 1. The van der Waals surface area contributed by atoms with Gasteiger partial charge in [0.1, 0.15) is 16.9 Å². The zero-order valence-electron chi connectivity index (χ0n) is 22.6. The Hall–Kier alpha value is -4.18. The Bertz CT molecular complexity index is 1720. The number of aryl methyl sites for hydroxylation is 1. The maximum absolute atomic E-state index is 13.9. The number of imidazole rings is 1. The number of pyridine rings is 1. The lowest BCUT2D eigenvalue weighted by atomic mass is 9.90. The molecule has 4 atom stereocenters. The molecule has 1 saturated heterocycles. The van der Waals surface area contributed by atoms with E-state index >= 15 is 0 Å². The van der Waals surface area contributed by atoms with Crippen LogP contribution in [0.3, 0.4) is 0 Å². The maximum Gasteiger partial charge on any atom is 0.331 e. The van der Waals surface area contributed by atoms with Crippen molar-refractivity contribution in [2.75, 3.05) is 13.7 Å². The van der Waals surface area contributed by atoms with Crippen LogP contribution in [-0.4, -0.2) is 66.7 Å². The molecular weight excluding hydrogens is 508 g/mol. The number of benzene rings is 1. The van der Waals surface area contributed by atoms with E-state index in [0.29, 0.717) is 35.7 Å². The molecule has 0 radical (unpaired) electrons. The summed E-state index contributed by atoms with van der Waals surface area (Å²) >= 11 is 0. The first-order valence-corrected chi connectivity index (χ1v) is 13.7. The van der Waals surface area contributed by atoms with Gasteiger partial charge in [-0.05, 0) is 61.4 Å². The first kappa shape index (κ1) is 24.8. The van der Waals surface area contributed by atoms with Gasteiger partial charge in [0.2, 0.25) is 0 Å². The standard InChI is InChI=1S/C30H32N6O4/c1-15(30(38)39)20-9-19-14-36(25(20)24(19)31)29(37)18-10-21-26(23(12-18)40-3)34(2)28(33-21)22-11-17-5-4-8-32-27(17)35(22)13-16-6-7-16/h4-5,8,10-12,16,19-20,24-25H,1,6-7,9,13-14,31H2,2-3H3,(H,38,39)/t19-,20+,24-,25+/m1/s1. The molecule has 4 aromatic rings. The summed E-state index contributed by atoms with van der Waals surface area (Å²) in [5.74, 6) is 0.407. The van der Waals surface area contributed by atoms with E-state index in [1.54, 1.807) is 24.1 Å². The van der Waals surface area contributed by atoms with E-state index < -0.39 is 12.0 Å². The highest BCUT2D eigenvalue weighted by molar-refractivity contribution is 6.01. The molecule has 2 bridgehead atoms. The number of likely N-dealkylation sites (tertiary alicyclic amines) is 1. The third kappa shape index (κ3) is 3.66. The zero-order valence-corrected chi connectivity index (χ0v) is 22.6. The third-order valence-corrected chi connectivity index (χ3v) is 9.11. The second-order valence-electron chi connectivity index (χ2n) is 11.5. The molecule has 3 N–H and O–H groups in total. The monoisotopic (exact) mass is 540 g/mol. The van der Waals surface area contributed by atoms with Gasteiger partial charge in [-0.1, -0.05) is 6.58 Å². The van der Waals surface area contributed by atoms with Crippen molar-refractivity contribution in [2.24, 2.45) is 30.5 Å². The number of carbonyl (C=O) groups excluding carboxylic acids is 1. The largest absolute Gasteiger partial charge is 0.494 e. The van der Waals surface area contributed by atoms with Crippen LogP contribution in [0.25, 0.3) is 33.6 Å². The summed E-state index contributed by atoms with van der Waals surface area (Å²) in [6.45, 7) is 5.16. The second-order valence-corrected chi connectivity index (χ2v) is 11.5. The number of carbonyl (C=O) groups is 2. The maximum atomic E-state index is 13.9. The Labute approximate surface area is 231 Å². The molecule has 2 aliphatic carbocycles. The van der Waals surface area contributed by atoms with E-state index in [9.17, 15) is 14.7 Å². The van der Waals surface area contributed by atoms with Crippen molar-refractivity contribution in [1.82, 2.24) is 24.0 Å². The van der Waals surface area contributed by atoms with Gasteiger partial charge in [-0.25, -0.2) is 14.8 Å². The smallest absolute Gasteiger partial charge is 0.331 e. The van der Waals surface area contributed by atoms with Crippen molar-refractivity contribution < 1.29 is 19.4 Å². The number of methoxy groups -OCH3 is 1. The number of carboxylic acid groups (broad SMARTS) is 1. The molecule has 10 heteroatoms. The number of fused-ring (bicyclic) bond motifs is 4. The fraction of sp³-hybridized carbons (Fsp3) is 0.400. The Balaban J connectivity index is 1.30. The Morgan fingerprint density at radius 2 is 2.05 bits per heavy atom. The summed E-state index contributed by atoms with van der Waals surface area (Å²) in [7, 11) is 3.55. The van der Waals surface area contributed by atoms with Crippen LogP contribution in [0.4, 0.5) is 0 Å². The van der Waals surface area contributed by atoms with E-state index in [2.05, 4.69) is 28.3 Å². The number of amides is 1. The number of aromatic nitrogens is 4. The lowest BCUT2D eigenvalue weighted by Crippen LogP contribution is -2.47.